The van der Waals surface area contributed by atoms with Crippen LogP contribution in [0.1, 0.15) is 35.6 Å². The van der Waals surface area contributed by atoms with E-state index in [0.29, 0.717) is 24.8 Å². The fraction of sp³-hybridized carbons (Fsp3) is 0.393. The number of carbonyl (C=O) groups is 3. The number of ether oxygens (including phenoxy) is 1. The first-order valence-electron chi connectivity index (χ1n) is 12.8. The molecular weight excluding hydrogens is 472 g/mol. The Morgan fingerprint density at radius 1 is 1.08 bits per heavy atom. The first-order valence-corrected chi connectivity index (χ1v) is 12.8. The Labute approximate surface area is 215 Å². The number of aromatic hydroxyl groups is 1. The lowest BCUT2D eigenvalue weighted by atomic mass is 10.1. The van der Waals surface area contributed by atoms with E-state index in [2.05, 4.69) is 27.7 Å². The SMILES string of the molecule is O=C(Cc1cccc(CCN2CCOCC2)c1)NCc1ccc2c(O)n(C3CCC(=O)NC3=O)cc2c1. The van der Waals surface area contributed by atoms with Crippen molar-refractivity contribution in [2.24, 2.45) is 0 Å². The van der Waals surface area contributed by atoms with Crippen LogP contribution in [0.2, 0.25) is 0 Å². The molecule has 1 aromatic heterocycles. The number of hydrogen-bond donors (Lipinski definition) is 3. The second-order valence-corrected chi connectivity index (χ2v) is 9.73. The summed E-state index contributed by atoms with van der Waals surface area (Å²) in [5.74, 6) is -0.775. The molecule has 0 aliphatic carbocycles. The third-order valence-electron chi connectivity index (χ3n) is 7.09. The number of hydrogen-bond acceptors (Lipinski definition) is 6. The molecular formula is C28H32N4O5. The Morgan fingerprint density at radius 3 is 2.70 bits per heavy atom. The minimum atomic E-state index is -0.627. The van der Waals surface area contributed by atoms with Crippen molar-refractivity contribution in [3.8, 4) is 5.88 Å². The van der Waals surface area contributed by atoms with Crippen LogP contribution in [0.15, 0.2) is 48.7 Å². The molecule has 2 aliphatic heterocycles. The standard InChI is InChI=1S/C28H32N4O5/c33-25-7-6-24(27(35)30-25)32-18-22-15-21(4-5-23(22)28(32)36)17-29-26(34)16-20-3-1-2-19(14-20)8-9-31-10-12-37-13-11-31/h1-5,14-15,18,24,36H,6-13,16-17H2,(H,29,34)(H,30,33,35). The summed E-state index contributed by atoms with van der Waals surface area (Å²) in [6, 6.07) is 13.1. The fourth-order valence-electron chi connectivity index (χ4n) is 5.02. The maximum absolute atomic E-state index is 12.6. The molecule has 2 aliphatic rings. The van der Waals surface area contributed by atoms with Crippen LogP contribution in [-0.2, 0) is 38.5 Å². The van der Waals surface area contributed by atoms with E-state index in [1.807, 2.05) is 24.3 Å². The summed E-state index contributed by atoms with van der Waals surface area (Å²) < 4.78 is 6.92. The Balaban J connectivity index is 1.17. The first kappa shape index (κ1) is 25.0. The van der Waals surface area contributed by atoms with E-state index in [9.17, 15) is 19.5 Å². The Kier molecular flexibility index (Phi) is 7.52. The minimum Gasteiger partial charge on any atom is -0.494 e. The lowest BCUT2D eigenvalue weighted by molar-refractivity contribution is -0.135. The van der Waals surface area contributed by atoms with E-state index in [4.69, 9.17) is 4.74 Å². The van der Waals surface area contributed by atoms with Gasteiger partial charge in [0.15, 0.2) is 5.88 Å². The summed E-state index contributed by atoms with van der Waals surface area (Å²) in [4.78, 5) is 38.7. The van der Waals surface area contributed by atoms with E-state index in [1.54, 1.807) is 12.3 Å². The lowest BCUT2D eigenvalue weighted by Crippen LogP contribution is -2.41. The van der Waals surface area contributed by atoms with Crippen molar-refractivity contribution in [1.29, 1.82) is 0 Å². The van der Waals surface area contributed by atoms with Gasteiger partial charge in [0.2, 0.25) is 17.7 Å². The zero-order valence-corrected chi connectivity index (χ0v) is 20.7. The van der Waals surface area contributed by atoms with E-state index < -0.39 is 11.9 Å². The molecule has 1 unspecified atom stereocenters. The molecule has 2 fully saturated rings. The number of benzene rings is 2. The number of nitrogens with one attached hydrogen (secondary N) is 2. The fourth-order valence-corrected chi connectivity index (χ4v) is 5.02. The van der Waals surface area contributed by atoms with Gasteiger partial charge in [-0.05, 0) is 41.7 Å². The van der Waals surface area contributed by atoms with Crippen LogP contribution in [0.4, 0.5) is 0 Å². The zero-order chi connectivity index (χ0) is 25.8. The molecule has 2 saturated heterocycles. The Hall–Kier alpha value is -3.69. The molecule has 5 rings (SSSR count). The van der Waals surface area contributed by atoms with Crippen LogP contribution in [-0.4, -0.2) is 65.1 Å². The van der Waals surface area contributed by atoms with Gasteiger partial charge < -0.3 is 19.7 Å². The second kappa shape index (κ2) is 11.1. The van der Waals surface area contributed by atoms with Crippen LogP contribution < -0.4 is 10.6 Å². The summed E-state index contributed by atoms with van der Waals surface area (Å²) in [5, 5.41) is 17.3. The van der Waals surface area contributed by atoms with Crippen molar-refractivity contribution in [3.63, 3.8) is 0 Å². The zero-order valence-electron chi connectivity index (χ0n) is 20.7. The highest BCUT2D eigenvalue weighted by molar-refractivity contribution is 6.00. The van der Waals surface area contributed by atoms with Crippen molar-refractivity contribution in [2.45, 2.75) is 38.3 Å². The summed E-state index contributed by atoms with van der Waals surface area (Å²) in [6.45, 7) is 4.86. The van der Waals surface area contributed by atoms with E-state index in [1.165, 1.54) is 10.1 Å². The van der Waals surface area contributed by atoms with Crippen molar-refractivity contribution in [1.82, 2.24) is 20.1 Å². The van der Waals surface area contributed by atoms with E-state index in [-0.39, 0.29) is 24.1 Å². The smallest absolute Gasteiger partial charge is 0.249 e. The third-order valence-corrected chi connectivity index (χ3v) is 7.09. The molecule has 37 heavy (non-hydrogen) atoms. The number of morpholine rings is 1. The van der Waals surface area contributed by atoms with Gasteiger partial charge in [-0.15, -0.1) is 0 Å². The highest BCUT2D eigenvalue weighted by Gasteiger charge is 2.30. The van der Waals surface area contributed by atoms with Gasteiger partial charge in [0.1, 0.15) is 6.04 Å². The number of nitrogens with zero attached hydrogens (tertiary/aromatic N) is 2. The largest absolute Gasteiger partial charge is 0.494 e. The van der Waals surface area contributed by atoms with Gasteiger partial charge in [0, 0.05) is 49.6 Å². The number of fused-ring (bicyclic) bond motifs is 1. The van der Waals surface area contributed by atoms with Gasteiger partial charge in [-0.1, -0.05) is 30.3 Å². The van der Waals surface area contributed by atoms with Crippen molar-refractivity contribution < 1.29 is 24.2 Å². The van der Waals surface area contributed by atoms with Crippen molar-refractivity contribution in [2.75, 3.05) is 32.8 Å². The molecule has 0 spiro atoms. The van der Waals surface area contributed by atoms with E-state index >= 15 is 0 Å². The van der Waals surface area contributed by atoms with Crippen molar-refractivity contribution in [3.05, 3.63) is 65.4 Å². The molecule has 0 saturated carbocycles. The first-order chi connectivity index (χ1) is 18.0. The number of aromatic nitrogens is 1. The molecule has 3 aromatic rings. The number of carbonyl (C=O) groups excluding carboxylic acids is 3. The van der Waals surface area contributed by atoms with Crippen molar-refractivity contribution >= 4 is 28.5 Å². The molecule has 1 atom stereocenters. The van der Waals surface area contributed by atoms with Gasteiger partial charge in [-0.2, -0.15) is 0 Å². The van der Waals surface area contributed by atoms with Crippen LogP contribution in [0.3, 0.4) is 0 Å². The topological polar surface area (TPSA) is 113 Å². The van der Waals surface area contributed by atoms with Gasteiger partial charge in [-0.3, -0.25) is 24.6 Å². The third kappa shape index (κ3) is 6.00. The summed E-state index contributed by atoms with van der Waals surface area (Å²) in [5.41, 5.74) is 3.10. The molecule has 9 heteroatoms. The molecule has 194 valence electrons. The van der Waals surface area contributed by atoms with E-state index in [0.717, 1.165) is 55.8 Å². The number of imide groups is 1. The highest BCUT2D eigenvalue weighted by Crippen LogP contribution is 2.33. The van der Waals surface area contributed by atoms with Gasteiger partial charge >= 0.3 is 0 Å². The Bertz CT molecular complexity index is 1310. The molecule has 9 nitrogen and oxygen atoms in total. The average Bonchev–Trinajstić information content (AvgIpc) is 3.22. The van der Waals surface area contributed by atoms with Gasteiger partial charge in [-0.25, -0.2) is 0 Å². The number of amides is 3. The predicted octanol–water partition coefficient (Wildman–Crippen LogP) is 2.06. The van der Waals surface area contributed by atoms with Crippen LogP contribution in [0.5, 0.6) is 5.88 Å². The second-order valence-electron chi connectivity index (χ2n) is 9.73. The van der Waals surface area contributed by atoms with Crippen LogP contribution >= 0.6 is 0 Å². The molecule has 3 amide bonds. The molecule has 3 N–H and O–H groups in total. The summed E-state index contributed by atoms with van der Waals surface area (Å²) in [7, 11) is 0. The molecule has 0 bridgehead atoms. The Morgan fingerprint density at radius 2 is 1.89 bits per heavy atom. The molecule has 3 heterocycles. The normalized spacial score (nSPS) is 18.6. The lowest BCUT2D eigenvalue weighted by Gasteiger charge is -2.26. The number of rotatable bonds is 8. The maximum atomic E-state index is 12.6. The monoisotopic (exact) mass is 504 g/mol. The van der Waals surface area contributed by atoms with Crippen LogP contribution in [0, 0.1) is 0 Å². The van der Waals surface area contributed by atoms with Gasteiger partial charge in [0.05, 0.1) is 19.6 Å². The quantitative estimate of drug-likeness (QED) is 0.405. The van der Waals surface area contributed by atoms with Gasteiger partial charge in [0.25, 0.3) is 0 Å². The highest BCUT2D eigenvalue weighted by atomic mass is 16.5. The molecule has 2 aromatic carbocycles. The maximum Gasteiger partial charge on any atom is 0.249 e. The average molecular weight is 505 g/mol. The minimum absolute atomic E-state index is 0.00594. The van der Waals surface area contributed by atoms with Crippen LogP contribution in [0.25, 0.3) is 10.8 Å². The molecule has 0 radical (unpaired) electrons. The summed E-state index contributed by atoms with van der Waals surface area (Å²) >= 11 is 0. The summed E-state index contributed by atoms with van der Waals surface area (Å²) in [6.07, 6.45) is 3.55. The number of piperidine rings is 1. The predicted molar refractivity (Wildman–Crippen MR) is 138 cm³/mol.